The second-order valence-electron chi connectivity index (χ2n) is 7.75. The van der Waals surface area contributed by atoms with Crippen molar-refractivity contribution >= 4 is 11.8 Å². The number of hydrogen-bond donors (Lipinski definition) is 1. The molecule has 2 aliphatic rings. The Morgan fingerprint density at radius 3 is 2.73 bits per heavy atom. The molecular weight excluding hydrogens is 322 g/mol. The summed E-state index contributed by atoms with van der Waals surface area (Å²) in [4.78, 5) is 16.1. The highest BCUT2D eigenvalue weighted by Crippen LogP contribution is 2.29. The maximum absolute atomic E-state index is 4.78. The molecule has 0 aromatic carbocycles. The minimum absolute atomic E-state index is 0.514. The van der Waals surface area contributed by atoms with Gasteiger partial charge in [-0.25, -0.2) is 15.0 Å². The van der Waals surface area contributed by atoms with Gasteiger partial charge in [-0.2, -0.15) is 0 Å². The van der Waals surface area contributed by atoms with Crippen molar-refractivity contribution in [3.8, 4) is 0 Å². The molecular formula is C21H29N5. The van der Waals surface area contributed by atoms with E-state index in [0.29, 0.717) is 11.9 Å². The number of pyridine rings is 1. The highest BCUT2D eigenvalue weighted by Gasteiger charge is 2.25. The molecule has 4 rings (SSSR count). The molecule has 0 spiro atoms. The van der Waals surface area contributed by atoms with Crippen LogP contribution in [0.2, 0.25) is 0 Å². The second-order valence-corrected chi connectivity index (χ2v) is 7.75. The minimum atomic E-state index is 0.514. The van der Waals surface area contributed by atoms with Crippen LogP contribution in [0.3, 0.4) is 0 Å². The van der Waals surface area contributed by atoms with E-state index in [4.69, 9.17) is 4.98 Å². The molecule has 2 aromatic rings. The average Bonchev–Trinajstić information content (AvgIpc) is 2.70. The van der Waals surface area contributed by atoms with Crippen molar-refractivity contribution in [2.45, 2.75) is 50.9 Å². The molecule has 0 unspecified atom stereocenters. The molecule has 138 valence electrons. The van der Waals surface area contributed by atoms with E-state index in [1.165, 1.54) is 58.0 Å². The number of rotatable bonds is 5. The third-order valence-electron chi connectivity index (χ3n) is 5.75. The van der Waals surface area contributed by atoms with Gasteiger partial charge in [0.15, 0.2) is 0 Å². The quantitative estimate of drug-likeness (QED) is 0.866. The van der Waals surface area contributed by atoms with Crippen molar-refractivity contribution in [2.75, 3.05) is 25.0 Å². The van der Waals surface area contributed by atoms with Crippen LogP contribution in [0.4, 0.5) is 11.8 Å². The van der Waals surface area contributed by atoms with Crippen molar-refractivity contribution in [3.63, 3.8) is 0 Å². The van der Waals surface area contributed by atoms with Crippen LogP contribution in [0.1, 0.15) is 56.6 Å². The summed E-state index contributed by atoms with van der Waals surface area (Å²) in [6.07, 6.45) is 13.3. The second kappa shape index (κ2) is 8.58. The van der Waals surface area contributed by atoms with Gasteiger partial charge < -0.3 is 10.2 Å². The van der Waals surface area contributed by atoms with Crippen molar-refractivity contribution in [1.29, 1.82) is 0 Å². The number of hydrogen-bond acceptors (Lipinski definition) is 5. The molecule has 0 bridgehead atoms. The first-order chi connectivity index (χ1) is 12.9. The Balaban J connectivity index is 1.39. The van der Waals surface area contributed by atoms with Gasteiger partial charge in [-0.3, -0.25) is 0 Å². The summed E-state index contributed by atoms with van der Waals surface area (Å²) in [5, 5.41) is 3.21. The molecule has 26 heavy (non-hydrogen) atoms. The van der Waals surface area contributed by atoms with E-state index < -0.39 is 0 Å². The zero-order chi connectivity index (χ0) is 17.6. The largest absolute Gasteiger partial charge is 0.309 e. The Morgan fingerprint density at radius 2 is 1.88 bits per heavy atom. The summed E-state index contributed by atoms with van der Waals surface area (Å²) in [6.45, 7) is 3.66. The van der Waals surface area contributed by atoms with Crippen LogP contribution in [0.25, 0.3) is 0 Å². The van der Waals surface area contributed by atoms with E-state index in [1.807, 2.05) is 24.4 Å². The van der Waals surface area contributed by atoms with Crippen molar-refractivity contribution in [3.05, 3.63) is 42.4 Å². The smallest absolute Gasteiger partial charge is 0.228 e. The summed E-state index contributed by atoms with van der Waals surface area (Å²) in [6, 6.07) is 7.88. The molecule has 5 nitrogen and oxygen atoms in total. The molecule has 2 fully saturated rings. The topological polar surface area (TPSA) is 53.9 Å². The van der Waals surface area contributed by atoms with E-state index in [-0.39, 0.29) is 0 Å². The van der Waals surface area contributed by atoms with E-state index in [2.05, 4.69) is 26.3 Å². The summed E-state index contributed by atoms with van der Waals surface area (Å²) < 4.78 is 0. The first kappa shape index (κ1) is 17.4. The van der Waals surface area contributed by atoms with Gasteiger partial charge >= 0.3 is 0 Å². The van der Waals surface area contributed by atoms with Gasteiger partial charge in [0.2, 0.25) is 5.95 Å². The first-order valence-corrected chi connectivity index (χ1v) is 10.1. The monoisotopic (exact) mass is 351 g/mol. The Hall–Kier alpha value is -2.01. The Kier molecular flexibility index (Phi) is 5.75. The predicted octanol–water partition coefficient (Wildman–Crippen LogP) is 4.37. The molecule has 5 heteroatoms. The van der Waals surface area contributed by atoms with E-state index in [1.54, 1.807) is 6.20 Å². The number of anilines is 2. The lowest BCUT2D eigenvalue weighted by Gasteiger charge is -2.35. The fourth-order valence-electron chi connectivity index (χ4n) is 4.41. The van der Waals surface area contributed by atoms with Gasteiger partial charge in [0.1, 0.15) is 5.82 Å². The zero-order valence-electron chi connectivity index (χ0n) is 15.5. The Bertz CT molecular complexity index is 684. The van der Waals surface area contributed by atoms with Gasteiger partial charge in [0, 0.05) is 31.4 Å². The number of likely N-dealkylation sites (tertiary alicyclic amines) is 1. The number of nitrogens with zero attached hydrogens (tertiary/aromatic N) is 4. The predicted molar refractivity (Wildman–Crippen MR) is 105 cm³/mol. The fraction of sp³-hybridized carbons (Fsp3) is 0.571. The summed E-state index contributed by atoms with van der Waals surface area (Å²) >= 11 is 0. The summed E-state index contributed by atoms with van der Waals surface area (Å²) in [5.41, 5.74) is 1.16. The maximum atomic E-state index is 4.78. The molecule has 1 aliphatic heterocycles. The third kappa shape index (κ3) is 4.58. The Labute approximate surface area is 156 Å². The maximum Gasteiger partial charge on any atom is 0.228 e. The number of aromatic nitrogens is 3. The third-order valence-corrected chi connectivity index (χ3v) is 5.75. The molecule has 1 atom stereocenters. The van der Waals surface area contributed by atoms with Gasteiger partial charge in [-0.15, -0.1) is 0 Å². The van der Waals surface area contributed by atoms with E-state index in [0.717, 1.165) is 24.0 Å². The van der Waals surface area contributed by atoms with Gasteiger partial charge in [-0.1, -0.05) is 25.3 Å². The van der Waals surface area contributed by atoms with Crippen LogP contribution < -0.4 is 5.32 Å². The molecule has 0 amide bonds. The van der Waals surface area contributed by atoms with Crippen LogP contribution in [0.5, 0.6) is 0 Å². The zero-order valence-corrected chi connectivity index (χ0v) is 15.5. The lowest BCUT2D eigenvalue weighted by molar-refractivity contribution is 0.159. The SMILES string of the molecule is c1ccc(Nc2nccc([C@@H]3CCCN(CC4CCCCC4)C3)n2)nc1. The standard InChI is InChI=1S/C21H29N5/c1-2-7-17(8-3-1)15-26-14-6-9-18(16-26)19-11-13-23-21(24-19)25-20-10-4-5-12-22-20/h4-5,10-13,17-18H,1-3,6-9,14-16H2,(H,22,23,24,25)/t18-/m1/s1. The number of nitrogens with one attached hydrogen (secondary N) is 1. The average molecular weight is 351 g/mol. The van der Waals surface area contributed by atoms with E-state index in [9.17, 15) is 0 Å². The van der Waals surface area contributed by atoms with E-state index >= 15 is 0 Å². The highest BCUT2D eigenvalue weighted by molar-refractivity contribution is 5.46. The van der Waals surface area contributed by atoms with Gasteiger partial charge in [-0.05, 0) is 56.3 Å². The molecule has 2 aromatic heterocycles. The van der Waals surface area contributed by atoms with Crippen molar-refractivity contribution in [1.82, 2.24) is 19.9 Å². The van der Waals surface area contributed by atoms with Crippen molar-refractivity contribution in [2.24, 2.45) is 5.92 Å². The molecule has 0 radical (unpaired) electrons. The van der Waals surface area contributed by atoms with Crippen LogP contribution in [0.15, 0.2) is 36.7 Å². The molecule has 3 heterocycles. The van der Waals surface area contributed by atoms with Crippen LogP contribution in [-0.2, 0) is 0 Å². The summed E-state index contributed by atoms with van der Waals surface area (Å²) in [7, 11) is 0. The van der Waals surface area contributed by atoms with Crippen LogP contribution in [-0.4, -0.2) is 39.5 Å². The van der Waals surface area contributed by atoms with Crippen molar-refractivity contribution < 1.29 is 0 Å². The molecule has 1 aliphatic carbocycles. The lowest BCUT2D eigenvalue weighted by Crippen LogP contribution is -2.38. The molecule has 1 N–H and O–H groups in total. The fourth-order valence-corrected chi connectivity index (χ4v) is 4.41. The minimum Gasteiger partial charge on any atom is -0.309 e. The molecule has 1 saturated carbocycles. The molecule has 1 saturated heterocycles. The lowest BCUT2D eigenvalue weighted by atomic mass is 9.87. The van der Waals surface area contributed by atoms with Crippen LogP contribution >= 0.6 is 0 Å². The first-order valence-electron chi connectivity index (χ1n) is 10.1. The highest BCUT2D eigenvalue weighted by atomic mass is 15.2. The van der Waals surface area contributed by atoms with Gasteiger partial charge in [0.25, 0.3) is 0 Å². The van der Waals surface area contributed by atoms with Gasteiger partial charge in [0.05, 0.1) is 5.69 Å². The Morgan fingerprint density at radius 1 is 0.962 bits per heavy atom. The van der Waals surface area contributed by atoms with Crippen LogP contribution in [0, 0.1) is 5.92 Å². The normalized spacial score (nSPS) is 22.2. The number of piperidine rings is 1. The summed E-state index contributed by atoms with van der Waals surface area (Å²) in [5.74, 6) is 2.85.